The summed E-state index contributed by atoms with van der Waals surface area (Å²) < 4.78 is 19.8. The molecule has 168 valence electrons. The number of benzene rings is 1. The predicted octanol–water partition coefficient (Wildman–Crippen LogP) is 4.28. The van der Waals surface area contributed by atoms with Crippen LogP contribution < -0.4 is 15.4 Å². The maximum absolute atomic E-state index is 14.5. The molecule has 0 radical (unpaired) electrons. The minimum atomic E-state index is -0.458. The number of nitriles is 1. The molecule has 2 fully saturated rings. The third-order valence-corrected chi connectivity index (χ3v) is 6.18. The molecule has 2 aromatic heterocycles. The number of anilines is 2. The van der Waals surface area contributed by atoms with Gasteiger partial charge in [0, 0.05) is 29.8 Å². The fourth-order valence-electron chi connectivity index (χ4n) is 4.31. The second-order valence-corrected chi connectivity index (χ2v) is 8.52. The first-order valence-electron chi connectivity index (χ1n) is 11.1. The molecule has 33 heavy (non-hydrogen) atoms. The second-order valence-electron chi connectivity index (χ2n) is 8.52. The van der Waals surface area contributed by atoms with Crippen molar-refractivity contribution >= 4 is 11.8 Å². The van der Waals surface area contributed by atoms with Gasteiger partial charge in [-0.15, -0.1) is 10.2 Å². The van der Waals surface area contributed by atoms with Gasteiger partial charge in [-0.25, -0.2) is 14.4 Å². The largest absolute Gasteiger partial charge is 0.495 e. The molecule has 5 rings (SSSR count). The topological polar surface area (TPSA) is 109 Å². The Labute approximate surface area is 191 Å². The third-order valence-electron chi connectivity index (χ3n) is 6.18. The standard InChI is InChI=1S/C24H24FN7O/c1-33-23-15(11-26)4-8-19(25)22(23)16-5-9-21(27-12-16)29-17-6-7-18(10-17)30-24-28-13-20(31-32-24)14-2-3-14/h4-5,8-9,12-14,17-18H,2-3,6-7,10H2,1H3,(H,27,29)(H,28,30,32)/t17-,18-/m0/s1. The molecule has 0 aliphatic heterocycles. The third kappa shape index (κ3) is 4.55. The van der Waals surface area contributed by atoms with E-state index in [9.17, 15) is 9.65 Å². The van der Waals surface area contributed by atoms with Crippen LogP contribution in [0.25, 0.3) is 11.1 Å². The van der Waals surface area contributed by atoms with E-state index in [1.807, 2.05) is 18.3 Å². The van der Waals surface area contributed by atoms with Crippen LogP contribution in [-0.2, 0) is 0 Å². The van der Waals surface area contributed by atoms with E-state index < -0.39 is 5.82 Å². The van der Waals surface area contributed by atoms with E-state index in [1.54, 1.807) is 12.3 Å². The number of ether oxygens (including phenoxy) is 1. The van der Waals surface area contributed by atoms with Gasteiger partial charge in [-0.2, -0.15) is 5.26 Å². The number of nitrogens with one attached hydrogen (secondary N) is 2. The summed E-state index contributed by atoms with van der Waals surface area (Å²) in [5.74, 6) is 1.59. The maximum atomic E-state index is 14.5. The molecule has 2 saturated carbocycles. The van der Waals surface area contributed by atoms with Gasteiger partial charge in [0.15, 0.2) is 0 Å². The molecule has 0 bridgehead atoms. The molecular formula is C24H24FN7O. The number of hydrogen-bond acceptors (Lipinski definition) is 8. The zero-order valence-corrected chi connectivity index (χ0v) is 18.3. The number of rotatable bonds is 7. The van der Waals surface area contributed by atoms with Gasteiger partial charge in [-0.05, 0) is 56.4 Å². The first-order chi connectivity index (χ1) is 16.1. The molecule has 8 nitrogen and oxygen atoms in total. The van der Waals surface area contributed by atoms with Crippen molar-refractivity contribution in [2.24, 2.45) is 0 Å². The zero-order valence-electron chi connectivity index (χ0n) is 18.3. The van der Waals surface area contributed by atoms with Gasteiger partial charge in [-0.3, -0.25) is 0 Å². The van der Waals surface area contributed by atoms with Crippen LogP contribution >= 0.6 is 0 Å². The van der Waals surface area contributed by atoms with Gasteiger partial charge in [0.25, 0.3) is 0 Å². The van der Waals surface area contributed by atoms with Gasteiger partial charge >= 0.3 is 0 Å². The first-order valence-corrected chi connectivity index (χ1v) is 11.1. The van der Waals surface area contributed by atoms with Crippen LogP contribution in [0.15, 0.2) is 36.7 Å². The number of halogens is 1. The predicted molar refractivity (Wildman–Crippen MR) is 121 cm³/mol. The van der Waals surface area contributed by atoms with Crippen molar-refractivity contribution in [3.63, 3.8) is 0 Å². The number of pyridine rings is 1. The van der Waals surface area contributed by atoms with E-state index in [2.05, 4.69) is 30.8 Å². The summed E-state index contributed by atoms with van der Waals surface area (Å²) in [5, 5.41) is 24.6. The molecule has 2 heterocycles. The lowest BCUT2D eigenvalue weighted by atomic mass is 10.0. The second kappa shape index (κ2) is 8.98. The molecule has 9 heteroatoms. The summed E-state index contributed by atoms with van der Waals surface area (Å²) in [7, 11) is 1.43. The summed E-state index contributed by atoms with van der Waals surface area (Å²) in [4.78, 5) is 8.87. The van der Waals surface area contributed by atoms with E-state index in [1.165, 1.54) is 32.1 Å². The highest BCUT2D eigenvalue weighted by molar-refractivity contribution is 5.74. The average molecular weight is 446 g/mol. The first kappa shape index (κ1) is 21.1. The van der Waals surface area contributed by atoms with E-state index in [4.69, 9.17) is 4.74 Å². The monoisotopic (exact) mass is 445 g/mol. The molecule has 2 N–H and O–H groups in total. The van der Waals surface area contributed by atoms with Gasteiger partial charge in [0.05, 0.1) is 30.1 Å². The van der Waals surface area contributed by atoms with Crippen LogP contribution in [0.5, 0.6) is 5.75 Å². The van der Waals surface area contributed by atoms with Gasteiger partial charge in [0.2, 0.25) is 5.95 Å². The lowest BCUT2D eigenvalue weighted by molar-refractivity contribution is 0.412. The summed E-state index contributed by atoms with van der Waals surface area (Å²) in [6.07, 6.45) is 8.67. The molecule has 0 spiro atoms. The van der Waals surface area contributed by atoms with Gasteiger partial charge in [-0.1, -0.05) is 0 Å². The van der Waals surface area contributed by atoms with Crippen LogP contribution in [0, 0.1) is 17.1 Å². The van der Waals surface area contributed by atoms with Crippen LogP contribution in [0.1, 0.15) is 49.3 Å². The van der Waals surface area contributed by atoms with Crippen LogP contribution in [0.2, 0.25) is 0 Å². The van der Waals surface area contributed by atoms with E-state index in [0.29, 0.717) is 23.2 Å². The van der Waals surface area contributed by atoms with Gasteiger partial charge in [0.1, 0.15) is 23.5 Å². The molecule has 2 aliphatic carbocycles. The van der Waals surface area contributed by atoms with E-state index >= 15 is 0 Å². The Morgan fingerprint density at radius 1 is 1.00 bits per heavy atom. The van der Waals surface area contributed by atoms with Crippen LogP contribution in [0.3, 0.4) is 0 Å². The molecule has 2 aliphatic rings. The van der Waals surface area contributed by atoms with Crippen molar-refractivity contribution in [1.82, 2.24) is 20.2 Å². The molecular weight excluding hydrogens is 421 g/mol. The quantitative estimate of drug-likeness (QED) is 0.555. The fraction of sp³-hybridized carbons (Fsp3) is 0.375. The van der Waals surface area contributed by atoms with Crippen molar-refractivity contribution in [3.8, 4) is 22.9 Å². The molecule has 3 aromatic rings. The molecule has 1 aromatic carbocycles. The van der Waals surface area contributed by atoms with Crippen LogP contribution in [-0.4, -0.2) is 39.4 Å². The summed E-state index contributed by atoms with van der Waals surface area (Å²) in [5.41, 5.74) is 2.05. The molecule has 0 unspecified atom stereocenters. The van der Waals surface area contributed by atoms with E-state index in [0.717, 1.165) is 25.0 Å². The highest BCUT2D eigenvalue weighted by atomic mass is 19.1. The van der Waals surface area contributed by atoms with Gasteiger partial charge < -0.3 is 15.4 Å². The minimum Gasteiger partial charge on any atom is -0.495 e. The average Bonchev–Trinajstić information content (AvgIpc) is 3.60. The normalized spacial score (nSPS) is 19.7. The van der Waals surface area contributed by atoms with Crippen molar-refractivity contribution in [3.05, 3.63) is 53.7 Å². The Hall–Kier alpha value is -3.80. The highest BCUT2D eigenvalue weighted by Gasteiger charge is 2.27. The Morgan fingerprint density at radius 2 is 1.82 bits per heavy atom. The molecule has 0 amide bonds. The number of aromatic nitrogens is 4. The molecule has 0 saturated heterocycles. The molecule has 2 atom stereocenters. The summed E-state index contributed by atoms with van der Waals surface area (Å²) in [6.45, 7) is 0. The van der Waals surface area contributed by atoms with Crippen molar-refractivity contribution in [2.75, 3.05) is 17.7 Å². The summed E-state index contributed by atoms with van der Waals surface area (Å²) in [6, 6.07) is 8.83. The van der Waals surface area contributed by atoms with E-state index in [-0.39, 0.29) is 29.0 Å². The Morgan fingerprint density at radius 3 is 2.45 bits per heavy atom. The van der Waals surface area contributed by atoms with Crippen LogP contribution in [0.4, 0.5) is 16.2 Å². The number of hydrogen-bond donors (Lipinski definition) is 2. The van der Waals surface area contributed by atoms with Crippen molar-refractivity contribution in [2.45, 2.75) is 50.1 Å². The van der Waals surface area contributed by atoms with Crippen molar-refractivity contribution < 1.29 is 9.13 Å². The van der Waals surface area contributed by atoms with Crippen molar-refractivity contribution in [1.29, 1.82) is 5.26 Å². The number of nitrogens with zero attached hydrogens (tertiary/aromatic N) is 5. The lowest BCUT2D eigenvalue weighted by Crippen LogP contribution is -2.22. The SMILES string of the molecule is COc1c(C#N)ccc(F)c1-c1ccc(N[C@H]2CC[C@H](Nc3ncc(C4CC4)nn3)C2)nc1. The highest BCUT2D eigenvalue weighted by Crippen LogP contribution is 2.38. The number of methoxy groups -OCH3 is 1. The zero-order chi connectivity index (χ0) is 22.8. The Kier molecular flexibility index (Phi) is 5.73. The Balaban J connectivity index is 1.21. The maximum Gasteiger partial charge on any atom is 0.242 e. The summed E-state index contributed by atoms with van der Waals surface area (Å²) >= 11 is 0. The minimum absolute atomic E-state index is 0.214. The lowest BCUT2D eigenvalue weighted by Gasteiger charge is -2.16. The fourth-order valence-corrected chi connectivity index (χ4v) is 4.31. The smallest absolute Gasteiger partial charge is 0.242 e. The Bertz CT molecular complexity index is 1170.